The maximum Gasteiger partial charge on any atom is 0.433 e. The van der Waals surface area contributed by atoms with Gasteiger partial charge in [-0.1, -0.05) is 45.5 Å². The minimum Gasteiger partial charge on any atom is -0.481 e. The number of aliphatic carboxylic acids is 1. The van der Waals surface area contributed by atoms with Crippen LogP contribution >= 0.6 is 0 Å². The molecule has 2 unspecified atom stereocenters. The molecule has 2 aliphatic heterocycles. The molecule has 368 valence electrons. The third-order valence-corrected chi connectivity index (χ3v) is 12.2. The highest BCUT2D eigenvalue weighted by Crippen LogP contribution is 2.34. The highest BCUT2D eigenvalue weighted by atomic mass is 19.4. The van der Waals surface area contributed by atoms with Crippen molar-refractivity contribution in [3.63, 3.8) is 0 Å². The number of pyridine rings is 2. The molecule has 1 amide bonds. The molecule has 2 saturated heterocycles. The predicted octanol–water partition coefficient (Wildman–Crippen LogP) is 10.1. The number of nitrogens with two attached hydrogens (primary N) is 1. The van der Waals surface area contributed by atoms with Crippen LogP contribution in [0.4, 0.5) is 46.8 Å². The summed E-state index contributed by atoms with van der Waals surface area (Å²) in [5.41, 5.74) is 7.12. The molecule has 6 N–H and O–H groups in total. The third-order valence-electron chi connectivity index (χ3n) is 12.2. The summed E-state index contributed by atoms with van der Waals surface area (Å²) >= 11 is 0. The van der Waals surface area contributed by atoms with Gasteiger partial charge >= 0.3 is 18.3 Å². The summed E-state index contributed by atoms with van der Waals surface area (Å²) in [4.78, 5) is 35.0. The Kier molecular flexibility index (Phi) is 17.1. The smallest absolute Gasteiger partial charge is 0.433 e. The molecular weight excluding hydrogens is 905 g/mol. The topological polar surface area (TPSA) is 182 Å². The Labute approximate surface area is 387 Å². The predicted molar refractivity (Wildman–Crippen MR) is 243 cm³/mol. The highest BCUT2D eigenvalue weighted by Gasteiger charge is 2.35. The lowest BCUT2D eigenvalue weighted by atomic mass is 9.98. The van der Waals surface area contributed by atoms with Crippen LogP contribution in [0.2, 0.25) is 0 Å². The molecule has 6 heterocycles. The molecule has 2 atom stereocenters. The van der Waals surface area contributed by atoms with Gasteiger partial charge in [0.25, 0.3) is 0 Å². The summed E-state index contributed by atoms with van der Waals surface area (Å²) in [6, 6.07) is 14.4. The van der Waals surface area contributed by atoms with Crippen molar-refractivity contribution in [2.75, 3.05) is 36.0 Å². The van der Waals surface area contributed by atoms with Gasteiger partial charge in [0.15, 0.2) is 0 Å². The van der Waals surface area contributed by atoms with E-state index in [2.05, 4.69) is 49.5 Å². The Morgan fingerprint density at radius 2 is 1.12 bits per heavy atom. The monoisotopic (exact) mass is 960 g/mol. The number of nitrogens with one attached hydrogen (secondary N) is 3. The number of benzene rings is 2. The lowest BCUT2D eigenvalue weighted by Crippen LogP contribution is -2.35. The maximum atomic E-state index is 13.8. The Morgan fingerprint density at radius 3 is 1.53 bits per heavy atom. The Morgan fingerprint density at radius 1 is 0.706 bits per heavy atom. The van der Waals surface area contributed by atoms with Gasteiger partial charge in [-0.05, 0) is 98.9 Å². The SMILES string of the molecule is C.CC(C(=O)O)c1ccc2n[nH]c(F)c2c1.CC1CCN(c2nc(C(F)(F)F)ccc2CN)CC1.CC1CCN(c2nc(C(F)(F)F)ccc2CNC(=O)C(C)c2ccc3n[nH]c(F)c3c2)CC1. The largest absolute Gasteiger partial charge is 0.481 e. The zero-order valence-electron chi connectivity index (χ0n) is 37.2. The van der Waals surface area contributed by atoms with Gasteiger partial charge in [-0.15, -0.1) is 0 Å². The van der Waals surface area contributed by atoms with E-state index in [4.69, 9.17) is 10.8 Å². The number of carboxylic acids is 1. The number of amides is 1. The van der Waals surface area contributed by atoms with Crippen LogP contribution in [0, 0.1) is 23.7 Å². The number of anilines is 2. The van der Waals surface area contributed by atoms with E-state index in [0.29, 0.717) is 74.8 Å². The summed E-state index contributed by atoms with van der Waals surface area (Å²) in [6.07, 6.45) is -5.27. The first kappa shape index (κ1) is 52.6. The molecule has 2 fully saturated rings. The number of fused-ring (bicyclic) bond motifs is 2. The molecule has 2 aliphatic rings. The first-order chi connectivity index (χ1) is 31.6. The number of alkyl halides is 6. The van der Waals surface area contributed by atoms with E-state index < -0.39 is 53.4 Å². The lowest BCUT2D eigenvalue weighted by molar-refractivity contribution is -0.141. The van der Waals surface area contributed by atoms with Crippen LogP contribution in [-0.4, -0.2) is 73.5 Å². The number of aromatic amines is 2. The summed E-state index contributed by atoms with van der Waals surface area (Å²) in [7, 11) is 0. The minimum absolute atomic E-state index is 0. The molecule has 2 aromatic carbocycles. The number of carbonyl (C=O) groups is 2. The Hall–Kier alpha value is -6.38. The zero-order valence-corrected chi connectivity index (χ0v) is 37.2. The van der Waals surface area contributed by atoms with Crippen molar-refractivity contribution in [2.24, 2.45) is 17.6 Å². The molecular formula is C47H56F8N10O3. The Balaban J connectivity index is 0.000000209. The number of rotatable bonds is 9. The summed E-state index contributed by atoms with van der Waals surface area (Å²) in [5, 5.41) is 24.2. The number of aromatic nitrogens is 6. The summed E-state index contributed by atoms with van der Waals surface area (Å²) in [6.45, 7) is 10.5. The number of nitrogens with zero attached hydrogens (tertiary/aromatic N) is 6. The van der Waals surface area contributed by atoms with Crippen molar-refractivity contribution in [3.05, 3.63) is 106 Å². The number of carboxylic acid groups (broad SMARTS) is 1. The molecule has 0 bridgehead atoms. The quantitative estimate of drug-likeness (QED) is 0.0875. The molecule has 0 spiro atoms. The highest BCUT2D eigenvalue weighted by molar-refractivity contribution is 5.86. The standard InChI is InChI=1S/C23H25F4N5O.C13H18F3N3.C10H9FN2O2.CH4/c1-13-7-9-32(10-8-13)21-16(4-6-19(29-21)23(25,26)27)12-28-22(33)14(2)15-3-5-18-17(11-15)20(24)31-30-18;1-9-4-6-19(7-5-9)12-10(8-17)2-3-11(18-12)13(14,15)16;1-5(10(14)15)6-2-3-8-7(4-6)9(11)13-12-8;/h3-6,11,13-14H,7-10,12H2,1-2H3,(H,28,33)(H,30,31);2-3,9H,4-8,17H2,1H3;2-5H,1H3,(H,12,13)(H,14,15);1H4. The van der Waals surface area contributed by atoms with Crippen molar-refractivity contribution >= 4 is 45.3 Å². The van der Waals surface area contributed by atoms with Crippen molar-refractivity contribution in [1.82, 2.24) is 35.7 Å². The van der Waals surface area contributed by atoms with Gasteiger partial charge < -0.3 is 26.0 Å². The van der Waals surface area contributed by atoms with Crippen molar-refractivity contribution < 1.29 is 49.8 Å². The lowest BCUT2D eigenvalue weighted by Gasteiger charge is -2.33. The number of piperidine rings is 2. The molecule has 0 aliphatic carbocycles. The van der Waals surface area contributed by atoms with E-state index in [9.17, 15) is 44.7 Å². The van der Waals surface area contributed by atoms with Crippen LogP contribution in [0.25, 0.3) is 21.8 Å². The summed E-state index contributed by atoms with van der Waals surface area (Å²) in [5.74, 6) is -1.84. The van der Waals surface area contributed by atoms with E-state index in [0.717, 1.165) is 50.9 Å². The Bertz CT molecular complexity index is 2650. The van der Waals surface area contributed by atoms with E-state index in [1.165, 1.54) is 18.2 Å². The van der Waals surface area contributed by atoms with Crippen LogP contribution in [0.5, 0.6) is 0 Å². The third kappa shape index (κ3) is 12.8. The van der Waals surface area contributed by atoms with Gasteiger partial charge in [0.2, 0.25) is 17.8 Å². The number of hydrogen-bond donors (Lipinski definition) is 5. The van der Waals surface area contributed by atoms with Crippen LogP contribution < -0.4 is 20.9 Å². The fourth-order valence-corrected chi connectivity index (χ4v) is 7.72. The van der Waals surface area contributed by atoms with Crippen LogP contribution in [0.3, 0.4) is 0 Å². The van der Waals surface area contributed by atoms with Crippen molar-refractivity contribution in [1.29, 1.82) is 0 Å². The average Bonchev–Trinajstić information content (AvgIpc) is 3.87. The minimum atomic E-state index is -4.55. The molecule has 4 aromatic heterocycles. The number of hydrogen-bond acceptors (Lipinski definition) is 9. The average molecular weight is 961 g/mol. The normalized spacial score (nSPS) is 15.7. The first-order valence-corrected chi connectivity index (χ1v) is 21.8. The second-order valence-electron chi connectivity index (χ2n) is 17.0. The van der Waals surface area contributed by atoms with Gasteiger partial charge in [0, 0.05) is 50.4 Å². The van der Waals surface area contributed by atoms with Gasteiger partial charge in [-0.3, -0.25) is 19.8 Å². The maximum absolute atomic E-state index is 13.8. The molecule has 13 nitrogen and oxygen atoms in total. The van der Waals surface area contributed by atoms with Gasteiger partial charge in [-0.2, -0.15) is 45.3 Å². The second kappa shape index (κ2) is 22.2. The fraction of sp³-hybridized carbons (Fsp3) is 0.447. The number of halogens is 8. The molecule has 0 saturated carbocycles. The van der Waals surface area contributed by atoms with Crippen molar-refractivity contribution in [2.45, 2.75) is 98.1 Å². The molecule has 68 heavy (non-hydrogen) atoms. The van der Waals surface area contributed by atoms with Gasteiger partial charge in [0.05, 0.1) is 33.6 Å². The van der Waals surface area contributed by atoms with E-state index in [-0.39, 0.29) is 32.2 Å². The fourth-order valence-electron chi connectivity index (χ4n) is 7.72. The summed E-state index contributed by atoms with van der Waals surface area (Å²) < 4.78 is 105. The second-order valence-corrected chi connectivity index (χ2v) is 17.0. The van der Waals surface area contributed by atoms with Gasteiger partial charge in [-0.25, -0.2) is 9.97 Å². The molecule has 8 rings (SSSR count). The molecule has 6 aromatic rings. The van der Waals surface area contributed by atoms with Crippen LogP contribution in [0.15, 0.2) is 60.7 Å². The molecule has 0 radical (unpaired) electrons. The number of H-pyrrole nitrogens is 2. The zero-order chi connectivity index (χ0) is 48.8. The van der Waals surface area contributed by atoms with Crippen molar-refractivity contribution in [3.8, 4) is 0 Å². The molecule has 21 heteroatoms. The van der Waals surface area contributed by atoms with Gasteiger partial charge in [0.1, 0.15) is 23.0 Å². The van der Waals surface area contributed by atoms with Crippen LogP contribution in [0.1, 0.15) is 106 Å². The number of carbonyl (C=O) groups excluding carboxylic acids is 1. The van der Waals surface area contributed by atoms with E-state index >= 15 is 0 Å². The van der Waals surface area contributed by atoms with E-state index in [1.54, 1.807) is 44.2 Å². The van der Waals surface area contributed by atoms with E-state index in [1.807, 2.05) is 9.80 Å². The first-order valence-electron chi connectivity index (χ1n) is 21.8. The van der Waals surface area contributed by atoms with Crippen LogP contribution in [-0.2, 0) is 35.0 Å².